The van der Waals surface area contributed by atoms with Crippen molar-refractivity contribution in [3.8, 4) is 0 Å². The molecule has 0 aliphatic carbocycles. The Morgan fingerprint density at radius 3 is 2.82 bits per heavy atom. The highest BCUT2D eigenvalue weighted by molar-refractivity contribution is 5.92. The van der Waals surface area contributed by atoms with Crippen LogP contribution in [0.3, 0.4) is 0 Å². The summed E-state index contributed by atoms with van der Waals surface area (Å²) in [6.45, 7) is 0.578. The van der Waals surface area contributed by atoms with Crippen LogP contribution in [0.4, 0.5) is 0 Å². The quantitative estimate of drug-likeness (QED) is 0.858. The van der Waals surface area contributed by atoms with Crippen molar-refractivity contribution in [1.82, 2.24) is 19.9 Å². The Hall–Kier alpha value is -2.70. The van der Waals surface area contributed by atoms with Gasteiger partial charge in [0.25, 0.3) is 11.5 Å². The zero-order chi connectivity index (χ0) is 15.5. The smallest absolute Gasteiger partial charge is 0.326 e. The van der Waals surface area contributed by atoms with Gasteiger partial charge in [-0.3, -0.25) is 19.6 Å². The van der Waals surface area contributed by atoms with Gasteiger partial charge in [-0.1, -0.05) is 6.07 Å². The van der Waals surface area contributed by atoms with Gasteiger partial charge in [0, 0.05) is 18.8 Å². The van der Waals surface area contributed by atoms with Crippen molar-refractivity contribution in [3.63, 3.8) is 0 Å². The van der Waals surface area contributed by atoms with Crippen LogP contribution < -0.4 is 11.2 Å². The molecule has 0 unspecified atom stereocenters. The van der Waals surface area contributed by atoms with E-state index < -0.39 is 11.2 Å². The fourth-order valence-electron chi connectivity index (χ4n) is 2.79. The highest BCUT2D eigenvalue weighted by Crippen LogP contribution is 2.30. The lowest BCUT2D eigenvalue weighted by Crippen LogP contribution is -2.40. The molecule has 1 fully saturated rings. The molecule has 1 aliphatic heterocycles. The summed E-state index contributed by atoms with van der Waals surface area (Å²) in [4.78, 5) is 45.9. The standard InChI is InChI=1S/C15H16N4O3/c20-13-9-11(17-15(22)18-13)14(21)19-8-4-2-6-12(19)10-5-1-3-7-16-10/h1,3,5,7,9,12H,2,4,6,8H2,(H2,17,18,20,22)/t12-/m1/s1. The number of nitrogens with one attached hydrogen (secondary N) is 2. The molecule has 0 aromatic carbocycles. The zero-order valence-electron chi connectivity index (χ0n) is 11.9. The minimum Gasteiger partial charge on any atom is -0.329 e. The van der Waals surface area contributed by atoms with Crippen LogP contribution in [0, 0.1) is 0 Å². The van der Waals surface area contributed by atoms with Crippen LogP contribution in [-0.4, -0.2) is 32.3 Å². The summed E-state index contributed by atoms with van der Waals surface area (Å²) in [5, 5.41) is 0. The number of aromatic nitrogens is 3. The highest BCUT2D eigenvalue weighted by Gasteiger charge is 2.30. The number of piperidine rings is 1. The van der Waals surface area contributed by atoms with Crippen LogP contribution in [0.1, 0.15) is 41.5 Å². The zero-order valence-corrected chi connectivity index (χ0v) is 11.9. The van der Waals surface area contributed by atoms with Gasteiger partial charge in [-0.05, 0) is 31.4 Å². The third kappa shape index (κ3) is 2.83. The summed E-state index contributed by atoms with van der Waals surface area (Å²) >= 11 is 0. The third-order valence-electron chi connectivity index (χ3n) is 3.78. The van der Waals surface area contributed by atoms with Crippen molar-refractivity contribution in [2.75, 3.05) is 6.54 Å². The molecular weight excluding hydrogens is 284 g/mol. The second-order valence-corrected chi connectivity index (χ2v) is 5.27. The Morgan fingerprint density at radius 1 is 1.23 bits per heavy atom. The van der Waals surface area contributed by atoms with Crippen LogP contribution in [0.15, 0.2) is 40.1 Å². The highest BCUT2D eigenvalue weighted by atomic mass is 16.2. The molecule has 7 nitrogen and oxygen atoms in total. The summed E-state index contributed by atoms with van der Waals surface area (Å²) in [5.74, 6) is -0.349. The molecule has 7 heteroatoms. The number of hydrogen-bond acceptors (Lipinski definition) is 4. The molecule has 2 aromatic rings. The molecule has 0 saturated carbocycles. The number of aromatic amines is 2. The Morgan fingerprint density at radius 2 is 2.09 bits per heavy atom. The minimum absolute atomic E-state index is 0.0107. The molecule has 1 amide bonds. The third-order valence-corrected chi connectivity index (χ3v) is 3.78. The lowest BCUT2D eigenvalue weighted by Gasteiger charge is -2.35. The average molecular weight is 300 g/mol. The molecule has 114 valence electrons. The summed E-state index contributed by atoms with van der Waals surface area (Å²) in [7, 11) is 0. The van der Waals surface area contributed by atoms with Gasteiger partial charge in [-0.25, -0.2) is 4.79 Å². The first-order chi connectivity index (χ1) is 10.6. The van der Waals surface area contributed by atoms with E-state index in [1.165, 1.54) is 0 Å². The Balaban J connectivity index is 1.95. The van der Waals surface area contributed by atoms with Crippen molar-refractivity contribution < 1.29 is 4.79 Å². The van der Waals surface area contributed by atoms with Crippen LogP contribution in [0.5, 0.6) is 0 Å². The number of rotatable bonds is 2. The number of amides is 1. The molecule has 0 spiro atoms. The second-order valence-electron chi connectivity index (χ2n) is 5.27. The predicted molar refractivity (Wildman–Crippen MR) is 79.5 cm³/mol. The largest absolute Gasteiger partial charge is 0.329 e. The molecule has 0 bridgehead atoms. The number of nitrogens with zero attached hydrogens (tertiary/aromatic N) is 2. The monoisotopic (exact) mass is 300 g/mol. The molecular formula is C15H16N4O3. The van der Waals surface area contributed by atoms with Gasteiger partial charge < -0.3 is 9.88 Å². The Labute approximate surface area is 126 Å². The number of pyridine rings is 1. The molecule has 1 saturated heterocycles. The van der Waals surface area contributed by atoms with Gasteiger partial charge in [0.15, 0.2) is 0 Å². The van der Waals surface area contributed by atoms with Gasteiger partial charge in [-0.2, -0.15) is 0 Å². The Bertz CT molecular complexity index is 753. The van der Waals surface area contributed by atoms with Crippen molar-refractivity contribution in [2.45, 2.75) is 25.3 Å². The molecule has 22 heavy (non-hydrogen) atoms. The lowest BCUT2D eigenvalue weighted by molar-refractivity contribution is 0.0599. The average Bonchev–Trinajstić information content (AvgIpc) is 2.54. The number of hydrogen-bond donors (Lipinski definition) is 2. The van der Waals surface area contributed by atoms with Crippen molar-refractivity contribution >= 4 is 5.91 Å². The molecule has 2 aromatic heterocycles. The van der Waals surface area contributed by atoms with Gasteiger partial charge in [0.05, 0.1) is 11.7 Å². The van der Waals surface area contributed by atoms with E-state index in [0.29, 0.717) is 6.54 Å². The summed E-state index contributed by atoms with van der Waals surface area (Å²) in [6.07, 6.45) is 4.41. The number of likely N-dealkylation sites (tertiary alicyclic amines) is 1. The fourth-order valence-corrected chi connectivity index (χ4v) is 2.79. The lowest BCUT2D eigenvalue weighted by atomic mass is 9.98. The Kier molecular flexibility index (Phi) is 3.86. The molecule has 0 radical (unpaired) electrons. The molecule has 1 aliphatic rings. The fraction of sp³-hybridized carbons (Fsp3) is 0.333. The summed E-state index contributed by atoms with van der Waals surface area (Å²) < 4.78 is 0. The first-order valence-electron chi connectivity index (χ1n) is 7.21. The number of H-pyrrole nitrogens is 2. The normalized spacial score (nSPS) is 18.2. The van der Waals surface area contributed by atoms with Crippen LogP contribution >= 0.6 is 0 Å². The van der Waals surface area contributed by atoms with Crippen LogP contribution in [0.25, 0.3) is 0 Å². The summed E-state index contributed by atoms with van der Waals surface area (Å²) in [6, 6.07) is 6.58. The van der Waals surface area contributed by atoms with E-state index >= 15 is 0 Å². The number of carbonyl (C=O) groups is 1. The predicted octanol–water partition coefficient (Wildman–Crippen LogP) is 0.826. The van der Waals surface area contributed by atoms with Crippen LogP contribution in [-0.2, 0) is 0 Å². The minimum atomic E-state index is -0.678. The topological polar surface area (TPSA) is 98.9 Å². The van der Waals surface area contributed by atoms with Gasteiger partial charge >= 0.3 is 5.69 Å². The van der Waals surface area contributed by atoms with Crippen molar-refractivity contribution in [2.24, 2.45) is 0 Å². The maximum absolute atomic E-state index is 12.7. The first kappa shape index (κ1) is 14.2. The second kappa shape index (κ2) is 5.97. The van der Waals surface area contributed by atoms with E-state index in [9.17, 15) is 14.4 Å². The van der Waals surface area contributed by atoms with Gasteiger partial charge in [-0.15, -0.1) is 0 Å². The first-order valence-corrected chi connectivity index (χ1v) is 7.21. The molecule has 3 rings (SSSR count). The van der Waals surface area contributed by atoms with E-state index in [1.807, 2.05) is 18.2 Å². The van der Waals surface area contributed by atoms with E-state index in [4.69, 9.17) is 0 Å². The van der Waals surface area contributed by atoms with E-state index in [2.05, 4.69) is 15.0 Å². The molecule has 2 N–H and O–H groups in total. The van der Waals surface area contributed by atoms with Gasteiger partial charge in [0.1, 0.15) is 5.69 Å². The maximum Gasteiger partial charge on any atom is 0.326 e. The SMILES string of the molecule is O=C(c1cc(=O)[nH]c(=O)[nH]1)N1CCCC[C@@H]1c1ccccn1. The van der Waals surface area contributed by atoms with Crippen molar-refractivity contribution in [1.29, 1.82) is 0 Å². The number of carbonyl (C=O) groups excluding carboxylic acids is 1. The van der Waals surface area contributed by atoms with Crippen molar-refractivity contribution in [3.05, 3.63) is 62.7 Å². The maximum atomic E-state index is 12.7. The van der Waals surface area contributed by atoms with E-state index in [1.54, 1.807) is 11.1 Å². The molecule has 3 heterocycles. The van der Waals surface area contributed by atoms with E-state index in [0.717, 1.165) is 31.0 Å². The molecule has 1 atom stereocenters. The summed E-state index contributed by atoms with van der Waals surface area (Å²) in [5.41, 5.74) is -0.431. The van der Waals surface area contributed by atoms with Gasteiger partial charge in [0.2, 0.25) is 0 Å². The van der Waals surface area contributed by atoms with Crippen LogP contribution in [0.2, 0.25) is 0 Å². The van der Waals surface area contributed by atoms with E-state index in [-0.39, 0.29) is 17.6 Å².